The molecule has 0 aliphatic carbocycles. The van der Waals surface area contributed by atoms with Crippen LogP contribution in [0.1, 0.15) is 21.5 Å². The van der Waals surface area contributed by atoms with Gasteiger partial charge in [-0.2, -0.15) is 0 Å². The van der Waals surface area contributed by atoms with Crippen molar-refractivity contribution < 1.29 is 14.3 Å². The molecule has 0 saturated heterocycles. The molecule has 0 N–H and O–H groups in total. The Kier molecular flexibility index (Phi) is 4.84. The van der Waals surface area contributed by atoms with E-state index in [1.54, 1.807) is 24.3 Å². The number of ketones is 1. The van der Waals surface area contributed by atoms with Crippen LogP contribution in [0.15, 0.2) is 96.8 Å². The van der Waals surface area contributed by atoms with Crippen LogP contribution in [-0.2, 0) is 6.61 Å². The molecule has 1 heterocycles. The van der Waals surface area contributed by atoms with E-state index < -0.39 is 0 Å². The smallest absolute Gasteiger partial charge is 0.231 e. The highest BCUT2D eigenvalue weighted by Gasteiger charge is 2.27. The highest BCUT2D eigenvalue weighted by Crippen LogP contribution is 2.34. The number of carbonyl (C=O) groups excluding carboxylic acids is 1. The standard InChI is InChI=1S/C24H18O3/c25-24-21-15-14-20(26-17-19-10-5-2-6-11-19)16-23(21)27-22(24)13-7-12-18-8-3-1-4-9-18/h1-16H,17H2/b12-7+,22-13-. The summed E-state index contributed by atoms with van der Waals surface area (Å²) in [5.41, 5.74) is 2.71. The zero-order valence-corrected chi connectivity index (χ0v) is 14.7. The van der Waals surface area contributed by atoms with Gasteiger partial charge in [-0.1, -0.05) is 72.8 Å². The Morgan fingerprint density at radius 3 is 2.41 bits per heavy atom. The fraction of sp³-hybridized carbons (Fsp3) is 0.0417. The van der Waals surface area contributed by atoms with Crippen LogP contribution in [0.5, 0.6) is 11.5 Å². The topological polar surface area (TPSA) is 35.5 Å². The molecule has 0 fully saturated rings. The first kappa shape index (κ1) is 16.9. The Morgan fingerprint density at radius 1 is 0.889 bits per heavy atom. The van der Waals surface area contributed by atoms with E-state index in [9.17, 15) is 4.79 Å². The number of ether oxygens (including phenoxy) is 2. The number of benzene rings is 3. The van der Waals surface area contributed by atoms with Crippen LogP contribution in [0.2, 0.25) is 0 Å². The van der Waals surface area contributed by atoms with E-state index in [-0.39, 0.29) is 5.78 Å². The first-order valence-electron chi connectivity index (χ1n) is 8.76. The molecule has 27 heavy (non-hydrogen) atoms. The van der Waals surface area contributed by atoms with Gasteiger partial charge in [-0.15, -0.1) is 0 Å². The zero-order valence-electron chi connectivity index (χ0n) is 14.7. The predicted molar refractivity (Wildman–Crippen MR) is 106 cm³/mol. The summed E-state index contributed by atoms with van der Waals surface area (Å²) < 4.78 is 11.5. The minimum atomic E-state index is -0.114. The monoisotopic (exact) mass is 354 g/mol. The summed E-state index contributed by atoms with van der Waals surface area (Å²) in [5.74, 6) is 1.41. The first-order valence-corrected chi connectivity index (χ1v) is 8.76. The van der Waals surface area contributed by atoms with Crippen LogP contribution in [-0.4, -0.2) is 5.78 Å². The fourth-order valence-electron chi connectivity index (χ4n) is 2.82. The number of Topliss-reactive ketones (excluding diaryl/α,β-unsaturated/α-hetero) is 1. The number of carbonyl (C=O) groups is 1. The van der Waals surface area contributed by atoms with Gasteiger partial charge in [0.2, 0.25) is 5.78 Å². The van der Waals surface area contributed by atoms with E-state index in [0.29, 0.717) is 29.4 Å². The van der Waals surface area contributed by atoms with Crippen LogP contribution < -0.4 is 9.47 Å². The zero-order chi connectivity index (χ0) is 18.5. The van der Waals surface area contributed by atoms with Gasteiger partial charge in [0.25, 0.3) is 0 Å². The van der Waals surface area contributed by atoms with E-state index in [0.717, 1.165) is 11.1 Å². The second-order valence-corrected chi connectivity index (χ2v) is 6.16. The second kappa shape index (κ2) is 7.75. The van der Waals surface area contributed by atoms with Gasteiger partial charge < -0.3 is 9.47 Å². The third kappa shape index (κ3) is 3.98. The highest BCUT2D eigenvalue weighted by atomic mass is 16.5. The van der Waals surface area contributed by atoms with Gasteiger partial charge in [-0.3, -0.25) is 4.79 Å². The summed E-state index contributed by atoms with van der Waals surface area (Å²) >= 11 is 0. The summed E-state index contributed by atoms with van der Waals surface area (Å²) in [4.78, 5) is 12.5. The lowest BCUT2D eigenvalue weighted by Crippen LogP contribution is -1.97. The number of hydrogen-bond acceptors (Lipinski definition) is 3. The van der Waals surface area contributed by atoms with E-state index in [1.165, 1.54) is 0 Å². The van der Waals surface area contributed by atoms with E-state index in [1.807, 2.05) is 72.8 Å². The molecule has 4 rings (SSSR count). The maximum absolute atomic E-state index is 12.5. The first-order chi connectivity index (χ1) is 13.3. The van der Waals surface area contributed by atoms with E-state index in [4.69, 9.17) is 9.47 Å². The van der Waals surface area contributed by atoms with Gasteiger partial charge in [0.1, 0.15) is 18.1 Å². The van der Waals surface area contributed by atoms with Crippen molar-refractivity contribution in [1.29, 1.82) is 0 Å². The van der Waals surface area contributed by atoms with Gasteiger partial charge >= 0.3 is 0 Å². The minimum absolute atomic E-state index is 0.114. The van der Waals surface area contributed by atoms with Crippen LogP contribution in [0.25, 0.3) is 6.08 Å². The Bertz CT molecular complexity index is 1000. The highest BCUT2D eigenvalue weighted by molar-refractivity contribution is 6.12. The fourth-order valence-corrected chi connectivity index (χ4v) is 2.82. The molecule has 0 bridgehead atoms. The maximum Gasteiger partial charge on any atom is 0.231 e. The molecule has 3 aromatic rings. The summed E-state index contributed by atoms with van der Waals surface area (Å²) in [6, 6.07) is 25.1. The summed E-state index contributed by atoms with van der Waals surface area (Å²) in [6.45, 7) is 0.468. The lowest BCUT2D eigenvalue weighted by atomic mass is 10.1. The molecule has 0 radical (unpaired) electrons. The number of fused-ring (bicyclic) bond motifs is 1. The molecule has 3 nitrogen and oxygen atoms in total. The number of allylic oxidation sites excluding steroid dienone is 3. The van der Waals surface area contributed by atoms with Crippen LogP contribution in [0.3, 0.4) is 0 Å². The van der Waals surface area contributed by atoms with Crippen molar-refractivity contribution in [3.8, 4) is 11.5 Å². The largest absolute Gasteiger partial charge is 0.489 e. The Balaban J connectivity index is 1.45. The average molecular weight is 354 g/mol. The van der Waals surface area contributed by atoms with Crippen molar-refractivity contribution in [2.45, 2.75) is 6.61 Å². The summed E-state index contributed by atoms with van der Waals surface area (Å²) in [7, 11) is 0. The summed E-state index contributed by atoms with van der Waals surface area (Å²) in [6.07, 6.45) is 5.45. The normalized spacial score (nSPS) is 14.4. The van der Waals surface area contributed by atoms with Crippen molar-refractivity contribution in [3.05, 3.63) is 113 Å². The maximum atomic E-state index is 12.5. The Morgan fingerprint density at radius 2 is 1.63 bits per heavy atom. The molecule has 0 atom stereocenters. The minimum Gasteiger partial charge on any atom is -0.489 e. The third-order valence-electron chi connectivity index (χ3n) is 4.23. The Hall–Kier alpha value is -3.59. The van der Waals surface area contributed by atoms with Gasteiger partial charge in [0, 0.05) is 6.07 Å². The Labute approximate surface area is 158 Å². The molecule has 0 unspecified atom stereocenters. The lowest BCUT2D eigenvalue weighted by Gasteiger charge is -2.07. The SMILES string of the molecule is O=C1/C(=C/C=C/c2ccccc2)Oc2cc(OCc3ccccc3)ccc21. The number of rotatable bonds is 5. The van der Waals surface area contributed by atoms with E-state index >= 15 is 0 Å². The second-order valence-electron chi connectivity index (χ2n) is 6.16. The van der Waals surface area contributed by atoms with Crippen LogP contribution >= 0.6 is 0 Å². The number of hydrogen-bond donors (Lipinski definition) is 0. The van der Waals surface area contributed by atoms with Crippen LogP contribution in [0, 0.1) is 0 Å². The molecule has 1 aliphatic rings. The average Bonchev–Trinajstić information content (AvgIpc) is 3.03. The van der Waals surface area contributed by atoms with Crippen molar-refractivity contribution in [1.82, 2.24) is 0 Å². The van der Waals surface area contributed by atoms with Crippen molar-refractivity contribution in [3.63, 3.8) is 0 Å². The van der Waals surface area contributed by atoms with Crippen molar-refractivity contribution in [2.24, 2.45) is 0 Å². The van der Waals surface area contributed by atoms with Crippen molar-refractivity contribution >= 4 is 11.9 Å². The third-order valence-corrected chi connectivity index (χ3v) is 4.23. The van der Waals surface area contributed by atoms with Gasteiger partial charge in [-0.25, -0.2) is 0 Å². The molecular formula is C24H18O3. The lowest BCUT2D eigenvalue weighted by molar-refractivity contribution is 0.101. The molecule has 0 saturated carbocycles. The van der Waals surface area contributed by atoms with Gasteiger partial charge in [0.05, 0.1) is 5.56 Å². The molecule has 3 aromatic carbocycles. The van der Waals surface area contributed by atoms with Gasteiger partial charge in [0.15, 0.2) is 5.76 Å². The molecule has 0 spiro atoms. The summed E-state index contributed by atoms with van der Waals surface area (Å²) in [5, 5.41) is 0. The molecular weight excluding hydrogens is 336 g/mol. The van der Waals surface area contributed by atoms with Crippen LogP contribution in [0.4, 0.5) is 0 Å². The molecule has 3 heteroatoms. The molecule has 0 aromatic heterocycles. The van der Waals surface area contributed by atoms with Gasteiger partial charge in [-0.05, 0) is 29.3 Å². The quantitative estimate of drug-likeness (QED) is 0.573. The molecule has 1 aliphatic heterocycles. The molecule has 132 valence electrons. The van der Waals surface area contributed by atoms with Crippen molar-refractivity contribution in [2.75, 3.05) is 0 Å². The molecule has 0 amide bonds. The van der Waals surface area contributed by atoms with E-state index in [2.05, 4.69) is 0 Å². The predicted octanol–water partition coefficient (Wildman–Crippen LogP) is 5.44.